The molecule has 5 atom stereocenters. The minimum atomic E-state index is -1.15. The molecule has 10 heteroatoms. The predicted molar refractivity (Wildman–Crippen MR) is 190 cm³/mol. The predicted octanol–water partition coefficient (Wildman–Crippen LogP) is 3.47. The number of thioether (sulfide) groups is 1. The Bertz CT molecular complexity index is 1130. The molecular formula is C37H58N4O5S. The van der Waals surface area contributed by atoms with Crippen molar-refractivity contribution in [1.82, 2.24) is 20.4 Å². The van der Waals surface area contributed by atoms with Gasteiger partial charge in [-0.3, -0.25) is 19.3 Å². The molecule has 3 rings (SSSR count). The second kappa shape index (κ2) is 20.7. The van der Waals surface area contributed by atoms with Gasteiger partial charge in [0.15, 0.2) is 0 Å². The van der Waals surface area contributed by atoms with E-state index in [2.05, 4.69) is 21.5 Å². The zero-order valence-corrected chi connectivity index (χ0v) is 29.6. The van der Waals surface area contributed by atoms with Crippen LogP contribution in [0.3, 0.4) is 0 Å². The topological polar surface area (TPSA) is 122 Å². The van der Waals surface area contributed by atoms with Crippen molar-refractivity contribution in [3.63, 3.8) is 0 Å². The lowest BCUT2D eigenvalue weighted by Crippen LogP contribution is -2.56. The van der Waals surface area contributed by atoms with E-state index in [4.69, 9.17) is 6.42 Å². The lowest BCUT2D eigenvalue weighted by molar-refractivity contribution is -0.137. The quantitative estimate of drug-likeness (QED) is 0.177. The van der Waals surface area contributed by atoms with Gasteiger partial charge in [-0.05, 0) is 36.7 Å². The number of carbonyl (C=O) groups excluding carboxylic acids is 3. The van der Waals surface area contributed by atoms with E-state index in [0.29, 0.717) is 31.7 Å². The summed E-state index contributed by atoms with van der Waals surface area (Å²) >= 11 is 1.95. The maximum atomic E-state index is 13.8. The number of aliphatic hydroxyl groups excluding tert-OH is 2. The summed E-state index contributed by atoms with van der Waals surface area (Å²) in [6.07, 6.45) is 10.2. The average Bonchev–Trinajstić information content (AvgIpc) is 3.07. The van der Waals surface area contributed by atoms with Gasteiger partial charge in [-0.2, -0.15) is 11.8 Å². The van der Waals surface area contributed by atoms with Crippen LogP contribution in [-0.2, 0) is 20.8 Å². The highest BCUT2D eigenvalue weighted by molar-refractivity contribution is 7.99. The molecule has 1 aliphatic heterocycles. The number of benzene rings is 1. The summed E-state index contributed by atoms with van der Waals surface area (Å²) in [5.41, 5.74) is 0.918. The lowest BCUT2D eigenvalue weighted by Gasteiger charge is -2.33. The summed E-state index contributed by atoms with van der Waals surface area (Å²) in [6, 6.07) is 7.83. The Morgan fingerprint density at radius 1 is 1.04 bits per heavy atom. The molecule has 1 aliphatic carbocycles. The molecule has 262 valence electrons. The molecule has 0 bridgehead atoms. The number of amides is 3. The SMILES string of the molecule is C#CC[C@H](NC(=O)C(CC(=O)N(C)CCN1CCSCC1)Cc1ccccc1)C(=O)N[C@@H](CC1CCCCC1)[C@@H](O)[C@@H](O)CC(C)C. The largest absolute Gasteiger partial charge is 0.390 e. The van der Waals surface area contributed by atoms with Crippen LogP contribution in [0.1, 0.15) is 77.2 Å². The lowest BCUT2D eigenvalue weighted by atomic mass is 9.82. The smallest absolute Gasteiger partial charge is 0.243 e. The highest BCUT2D eigenvalue weighted by Gasteiger charge is 2.34. The van der Waals surface area contributed by atoms with E-state index < -0.39 is 42.0 Å². The Morgan fingerprint density at radius 3 is 2.36 bits per heavy atom. The normalized spacial score (nSPS) is 19.2. The van der Waals surface area contributed by atoms with Crippen LogP contribution in [0.15, 0.2) is 30.3 Å². The Morgan fingerprint density at radius 2 is 1.72 bits per heavy atom. The van der Waals surface area contributed by atoms with Gasteiger partial charge in [0.05, 0.1) is 18.1 Å². The third kappa shape index (κ3) is 13.8. The summed E-state index contributed by atoms with van der Waals surface area (Å²) in [6.45, 7) is 7.36. The van der Waals surface area contributed by atoms with Crippen molar-refractivity contribution in [2.24, 2.45) is 17.8 Å². The summed E-state index contributed by atoms with van der Waals surface area (Å²) in [7, 11) is 1.78. The number of aliphatic hydroxyl groups is 2. The molecule has 4 N–H and O–H groups in total. The van der Waals surface area contributed by atoms with Crippen LogP contribution in [0, 0.1) is 30.1 Å². The number of nitrogens with zero attached hydrogens (tertiary/aromatic N) is 2. The summed E-state index contributed by atoms with van der Waals surface area (Å²) in [5.74, 6) is 3.49. The molecule has 1 aromatic carbocycles. The molecule has 0 aromatic heterocycles. The fourth-order valence-electron chi connectivity index (χ4n) is 6.62. The second-order valence-electron chi connectivity index (χ2n) is 13.9. The number of nitrogens with one attached hydrogen (secondary N) is 2. The Hall–Kier alpha value is -2.58. The van der Waals surface area contributed by atoms with Gasteiger partial charge >= 0.3 is 0 Å². The second-order valence-corrected chi connectivity index (χ2v) is 15.1. The van der Waals surface area contributed by atoms with E-state index in [1.807, 2.05) is 55.9 Å². The van der Waals surface area contributed by atoms with Crippen molar-refractivity contribution >= 4 is 29.5 Å². The maximum Gasteiger partial charge on any atom is 0.243 e. The minimum absolute atomic E-state index is 0.00187. The number of hydrogen-bond donors (Lipinski definition) is 4. The van der Waals surface area contributed by atoms with Crippen molar-refractivity contribution in [2.75, 3.05) is 44.7 Å². The van der Waals surface area contributed by atoms with E-state index in [-0.39, 0.29) is 24.7 Å². The number of terminal acetylenes is 1. The van der Waals surface area contributed by atoms with Crippen molar-refractivity contribution < 1.29 is 24.6 Å². The average molecular weight is 671 g/mol. The molecular weight excluding hydrogens is 612 g/mol. The first kappa shape index (κ1) is 38.9. The van der Waals surface area contributed by atoms with Crippen molar-refractivity contribution in [3.8, 4) is 12.3 Å². The van der Waals surface area contributed by atoms with Crippen LogP contribution in [-0.4, -0.2) is 107 Å². The molecule has 2 aliphatic rings. The molecule has 1 unspecified atom stereocenters. The van der Waals surface area contributed by atoms with E-state index in [1.54, 1.807) is 11.9 Å². The molecule has 2 fully saturated rings. The van der Waals surface area contributed by atoms with Crippen molar-refractivity contribution in [2.45, 2.75) is 102 Å². The van der Waals surface area contributed by atoms with Gasteiger partial charge in [0.1, 0.15) is 12.1 Å². The zero-order chi connectivity index (χ0) is 34.2. The molecule has 3 amide bonds. The van der Waals surface area contributed by atoms with Crippen LogP contribution in [0.25, 0.3) is 0 Å². The maximum absolute atomic E-state index is 13.8. The molecule has 1 saturated carbocycles. The summed E-state index contributed by atoms with van der Waals surface area (Å²) in [4.78, 5) is 45.0. The van der Waals surface area contributed by atoms with Gasteiger partial charge in [0.2, 0.25) is 17.7 Å². The molecule has 1 heterocycles. The van der Waals surface area contributed by atoms with Crippen molar-refractivity contribution in [1.29, 1.82) is 0 Å². The highest BCUT2D eigenvalue weighted by Crippen LogP contribution is 2.29. The number of rotatable bonds is 18. The monoisotopic (exact) mass is 670 g/mol. The summed E-state index contributed by atoms with van der Waals surface area (Å²) in [5, 5.41) is 27.8. The van der Waals surface area contributed by atoms with Crippen LogP contribution >= 0.6 is 11.8 Å². The standard InChI is InChI=1S/C37H58N4O5S/c1-5-12-31(37(46)39-32(25-29-15-10-7-11-16-29)35(44)33(42)23-27(2)3)38-36(45)30(24-28-13-8-6-9-14-28)26-34(43)40(4)17-18-41-19-21-47-22-20-41/h1,6,8-9,13-14,27,29-33,35,42,44H,7,10-12,15-26H2,2-4H3,(H,38,45)(H,39,46)/t30?,31-,32-,33-,35+/m0/s1. The van der Waals surface area contributed by atoms with Crippen molar-refractivity contribution in [3.05, 3.63) is 35.9 Å². The van der Waals surface area contributed by atoms with Gasteiger partial charge in [-0.25, -0.2) is 0 Å². The van der Waals surface area contributed by atoms with Gasteiger partial charge in [0, 0.05) is 57.6 Å². The number of likely N-dealkylation sites (N-methyl/N-ethyl adjacent to an activating group) is 1. The molecule has 9 nitrogen and oxygen atoms in total. The molecule has 1 saturated heterocycles. The number of hydrogen-bond acceptors (Lipinski definition) is 7. The van der Waals surface area contributed by atoms with Gasteiger partial charge in [0.25, 0.3) is 0 Å². The van der Waals surface area contributed by atoms with E-state index >= 15 is 0 Å². The highest BCUT2D eigenvalue weighted by atomic mass is 32.2. The Labute approximate surface area is 287 Å². The molecule has 47 heavy (non-hydrogen) atoms. The van der Waals surface area contributed by atoms with E-state index in [9.17, 15) is 24.6 Å². The Balaban J connectivity index is 1.71. The third-order valence-corrected chi connectivity index (χ3v) is 10.5. The fourth-order valence-corrected chi connectivity index (χ4v) is 7.60. The summed E-state index contributed by atoms with van der Waals surface area (Å²) < 4.78 is 0. The van der Waals surface area contributed by atoms with Crippen LogP contribution in [0.4, 0.5) is 0 Å². The zero-order valence-electron chi connectivity index (χ0n) is 28.7. The first-order valence-corrected chi connectivity index (χ1v) is 18.7. The van der Waals surface area contributed by atoms with Crippen LogP contribution in [0.2, 0.25) is 0 Å². The van der Waals surface area contributed by atoms with Gasteiger partial charge < -0.3 is 25.7 Å². The van der Waals surface area contributed by atoms with Crippen LogP contribution < -0.4 is 10.6 Å². The first-order valence-electron chi connectivity index (χ1n) is 17.6. The van der Waals surface area contributed by atoms with E-state index in [1.165, 1.54) is 6.42 Å². The van der Waals surface area contributed by atoms with Crippen LogP contribution in [0.5, 0.6) is 0 Å². The minimum Gasteiger partial charge on any atom is -0.390 e. The molecule has 1 aromatic rings. The third-order valence-electron chi connectivity index (χ3n) is 9.51. The van der Waals surface area contributed by atoms with Gasteiger partial charge in [-0.1, -0.05) is 76.3 Å². The molecule has 0 radical (unpaired) electrons. The Kier molecular flexibility index (Phi) is 17.1. The van der Waals surface area contributed by atoms with E-state index in [0.717, 1.165) is 62.4 Å². The van der Waals surface area contributed by atoms with Gasteiger partial charge in [-0.15, -0.1) is 12.3 Å². The first-order chi connectivity index (χ1) is 22.6. The molecule has 0 spiro atoms. The number of carbonyl (C=O) groups is 3. The fraction of sp³-hybridized carbons (Fsp3) is 0.703.